The van der Waals surface area contributed by atoms with E-state index in [1.807, 2.05) is 35.8 Å². The number of aromatic nitrogens is 3. The third-order valence-electron chi connectivity index (χ3n) is 4.38. The molecule has 30 heavy (non-hydrogen) atoms. The molecule has 0 atom stereocenters. The van der Waals surface area contributed by atoms with Gasteiger partial charge in [-0.2, -0.15) is 0 Å². The number of rotatable bonds is 9. The summed E-state index contributed by atoms with van der Waals surface area (Å²) < 4.78 is 17.5. The second-order valence-electron chi connectivity index (χ2n) is 7.49. The topological polar surface area (TPSA) is 108 Å². The highest BCUT2D eigenvalue weighted by Gasteiger charge is 2.23. The van der Waals surface area contributed by atoms with Crippen LogP contribution in [-0.2, 0) is 27.4 Å². The fraction of sp³-hybridized carbons (Fsp3) is 0.476. The Balaban J connectivity index is 2.15. The van der Waals surface area contributed by atoms with Gasteiger partial charge in [-0.3, -0.25) is 5.32 Å². The number of methoxy groups -OCH3 is 1. The van der Waals surface area contributed by atoms with Gasteiger partial charge in [-0.05, 0) is 26.8 Å². The molecule has 1 aromatic carbocycles. The number of fused-ring (bicyclic) bond motifs is 3. The maximum atomic E-state index is 12.2. The molecule has 0 aliphatic rings. The maximum absolute atomic E-state index is 12.2. The van der Waals surface area contributed by atoms with Crippen LogP contribution in [-0.4, -0.2) is 58.3 Å². The van der Waals surface area contributed by atoms with Crippen LogP contribution in [0.25, 0.3) is 21.9 Å². The van der Waals surface area contributed by atoms with E-state index in [1.165, 1.54) is 7.11 Å². The molecule has 3 rings (SSSR count). The Bertz CT molecular complexity index is 1030. The zero-order chi connectivity index (χ0) is 21.7. The first-order valence-corrected chi connectivity index (χ1v) is 9.84. The molecular weight excluding hydrogens is 388 g/mol. The van der Waals surface area contributed by atoms with E-state index >= 15 is 0 Å². The maximum Gasteiger partial charge on any atom is 0.412 e. The van der Waals surface area contributed by atoms with E-state index < -0.39 is 11.7 Å². The van der Waals surface area contributed by atoms with Crippen molar-refractivity contribution in [3.8, 4) is 0 Å². The lowest BCUT2D eigenvalue weighted by molar-refractivity contribution is 0.0582. The Labute approximate surface area is 175 Å². The summed E-state index contributed by atoms with van der Waals surface area (Å²) in [5, 5.41) is 14.1. The number of hydrogen-bond acceptors (Lipinski definition) is 7. The number of aliphatic hydroxyl groups is 1. The lowest BCUT2D eigenvalue weighted by atomic mass is 10.1. The summed E-state index contributed by atoms with van der Waals surface area (Å²) >= 11 is 0. The van der Waals surface area contributed by atoms with Crippen molar-refractivity contribution in [2.24, 2.45) is 0 Å². The van der Waals surface area contributed by atoms with Crippen LogP contribution in [0.5, 0.6) is 0 Å². The Hall–Kier alpha value is -2.75. The van der Waals surface area contributed by atoms with Crippen molar-refractivity contribution in [2.75, 3.05) is 32.2 Å². The molecule has 0 radical (unpaired) electrons. The van der Waals surface area contributed by atoms with Gasteiger partial charge < -0.3 is 23.9 Å². The van der Waals surface area contributed by atoms with Gasteiger partial charge in [-0.25, -0.2) is 14.8 Å². The van der Waals surface area contributed by atoms with Crippen LogP contribution in [0.4, 0.5) is 10.6 Å². The molecule has 162 valence electrons. The summed E-state index contributed by atoms with van der Waals surface area (Å²) in [5.74, 6) is 0.932. The average Bonchev–Trinajstić information content (AvgIpc) is 3.04. The van der Waals surface area contributed by atoms with Gasteiger partial charge in [0.2, 0.25) is 0 Å². The molecule has 0 aliphatic carbocycles. The van der Waals surface area contributed by atoms with Crippen LogP contribution in [0.15, 0.2) is 24.3 Å². The van der Waals surface area contributed by atoms with Crippen molar-refractivity contribution in [3.63, 3.8) is 0 Å². The number of nitrogens with one attached hydrogen (secondary N) is 1. The third kappa shape index (κ3) is 5.05. The van der Waals surface area contributed by atoms with Gasteiger partial charge in [0.15, 0.2) is 5.82 Å². The van der Waals surface area contributed by atoms with Gasteiger partial charge in [-0.15, -0.1) is 0 Å². The van der Waals surface area contributed by atoms with Crippen LogP contribution in [0, 0.1) is 0 Å². The van der Waals surface area contributed by atoms with Gasteiger partial charge in [0.1, 0.15) is 24.6 Å². The number of benzene rings is 1. The molecule has 9 nitrogen and oxygen atoms in total. The molecule has 0 unspecified atom stereocenters. The second-order valence-corrected chi connectivity index (χ2v) is 7.49. The Morgan fingerprint density at radius 2 is 2.00 bits per heavy atom. The first-order chi connectivity index (χ1) is 14.3. The van der Waals surface area contributed by atoms with E-state index in [1.54, 1.807) is 13.8 Å². The molecule has 9 heteroatoms. The lowest BCUT2D eigenvalue weighted by Crippen LogP contribution is -2.27. The molecule has 2 aromatic heterocycles. The molecule has 0 bridgehead atoms. The lowest BCUT2D eigenvalue weighted by Gasteiger charge is -2.20. The normalized spacial score (nSPS) is 11.9. The van der Waals surface area contributed by atoms with E-state index in [0.29, 0.717) is 42.4 Å². The fourth-order valence-electron chi connectivity index (χ4n) is 3.18. The fourth-order valence-corrected chi connectivity index (χ4v) is 3.18. The van der Waals surface area contributed by atoms with Crippen molar-refractivity contribution in [1.82, 2.24) is 14.5 Å². The van der Waals surface area contributed by atoms with Gasteiger partial charge in [0.05, 0.1) is 29.8 Å². The summed E-state index contributed by atoms with van der Waals surface area (Å²) in [6, 6.07) is 7.59. The van der Waals surface area contributed by atoms with Crippen LogP contribution >= 0.6 is 0 Å². The van der Waals surface area contributed by atoms with Gasteiger partial charge in [-0.1, -0.05) is 18.2 Å². The molecular formula is C21H28N4O5. The van der Waals surface area contributed by atoms with Gasteiger partial charge in [0, 0.05) is 19.1 Å². The summed E-state index contributed by atoms with van der Waals surface area (Å²) in [7, 11) is 1.53. The molecule has 2 heterocycles. The second kappa shape index (κ2) is 9.38. The molecule has 0 aliphatic heterocycles. The number of imidazole rings is 1. The zero-order valence-corrected chi connectivity index (χ0v) is 17.8. The van der Waals surface area contributed by atoms with Gasteiger partial charge in [0.25, 0.3) is 0 Å². The number of amides is 1. The minimum Gasteiger partial charge on any atom is -0.447 e. The smallest absolute Gasteiger partial charge is 0.412 e. The summed E-state index contributed by atoms with van der Waals surface area (Å²) in [6.45, 7) is 6.90. The number of carbonyl (C=O) groups excluding carboxylic acids is 1. The molecule has 0 spiro atoms. The monoisotopic (exact) mass is 416 g/mol. The summed E-state index contributed by atoms with van der Waals surface area (Å²) in [5.41, 5.74) is 0.990. The number of nitrogens with zero attached hydrogens (tertiary/aromatic N) is 3. The zero-order valence-electron chi connectivity index (χ0n) is 17.8. The van der Waals surface area contributed by atoms with Crippen LogP contribution in [0.1, 0.15) is 26.6 Å². The predicted octanol–water partition coefficient (Wildman–Crippen LogP) is 3.09. The molecule has 0 fully saturated rings. The Morgan fingerprint density at radius 1 is 1.23 bits per heavy atom. The predicted molar refractivity (Wildman–Crippen MR) is 114 cm³/mol. The highest BCUT2D eigenvalue weighted by atomic mass is 16.6. The van der Waals surface area contributed by atoms with Crippen molar-refractivity contribution in [2.45, 2.75) is 39.5 Å². The first-order valence-electron chi connectivity index (χ1n) is 9.84. The van der Waals surface area contributed by atoms with E-state index in [0.717, 1.165) is 10.9 Å². The summed E-state index contributed by atoms with van der Waals surface area (Å²) in [6.07, 6.45) is -0.639. The molecule has 1 amide bonds. The number of carbonyl (C=O) groups is 1. The van der Waals surface area contributed by atoms with Crippen LogP contribution < -0.4 is 5.32 Å². The Morgan fingerprint density at radius 3 is 2.70 bits per heavy atom. The SMILES string of the molecule is CCOCc1nc2c(NC(=O)OCCOC)nc3ccccc3c2n1CC(C)(C)O. The van der Waals surface area contributed by atoms with E-state index in [4.69, 9.17) is 19.2 Å². The highest BCUT2D eigenvalue weighted by molar-refractivity contribution is 6.09. The number of para-hydroxylation sites is 1. The van der Waals surface area contributed by atoms with E-state index in [-0.39, 0.29) is 13.2 Å². The summed E-state index contributed by atoms with van der Waals surface area (Å²) in [4.78, 5) is 21.5. The molecule has 2 N–H and O–H groups in total. The molecule has 3 aromatic rings. The van der Waals surface area contributed by atoms with Crippen molar-refractivity contribution < 1.29 is 24.1 Å². The number of ether oxygens (including phenoxy) is 3. The standard InChI is InChI=1S/C21H28N4O5/c1-5-29-12-16-23-17-18(25(16)13-21(2,3)27)14-8-6-7-9-15(14)22-19(17)24-20(26)30-11-10-28-4/h6-9,27H,5,10-13H2,1-4H3,(H,22,24,26). The van der Waals surface area contributed by atoms with Gasteiger partial charge >= 0.3 is 6.09 Å². The molecule has 0 saturated heterocycles. The minimum atomic E-state index is -0.981. The number of hydrogen-bond donors (Lipinski definition) is 2. The average molecular weight is 416 g/mol. The van der Waals surface area contributed by atoms with Crippen LogP contribution in [0.2, 0.25) is 0 Å². The van der Waals surface area contributed by atoms with Crippen molar-refractivity contribution in [3.05, 3.63) is 30.1 Å². The largest absolute Gasteiger partial charge is 0.447 e. The third-order valence-corrected chi connectivity index (χ3v) is 4.38. The minimum absolute atomic E-state index is 0.127. The number of pyridine rings is 1. The van der Waals surface area contributed by atoms with Crippen molar-refractivity contribution in [1.29, 1.82) is 0 Å². The van der Waals surface area contributed by atoms with Crippen molar-refractivity contribution >= 4 is 33.8 Å². The molecule has 0 saturated carbocycles. The number of anilines is 1. The van der Waals surface area contributed by atoms with E-state index in [9.17, 15) is 9.90 Å². The Kier molecular flexibility index (Phi) is 6.86. The van der Waals surface area contributed by atoms with Crippen LogP contribution in [0.3, 0.4) is 0 Å². The highest BCUT2D eigenvalue weighted by Crippen LogP contribution is 2.31. The first kappa shape index (κ1) is 21.9. The quantitative estimate of drug-likeness (QED) is 0.516. The van der Waals surface area contributed by atoms with E-state index in [2.05, 4.69) is 10.3 Å².